The molecule has 0 spiro atoms. The van der Waals surface area contributed by atoms with E-state index in [2.05, 4.69) is 11.5 Å². The number of carbonyl (C=O) groups excluding carboxylic acids is 1. The summed E-state index contributed by atoms with van der Waals surface area (Å²) in [6.45, 7) is 9.08. The van der Waals surface area contributed by atoms with Crippen LogP contribution < -0.4 is 0 Å². The van der Waals surface area contributed by atoms with Gasteiger partial charge in [-0.25, -0.2) is 8.42 Å². The molecular formula is C14H26N2O4S. The van der Waals surface area contributed by atoms with E-state index in [-0.39, 0.29) is 11.7 Å². The summed E-state index contributed by atoms with van der Waals surface area (Å²) < 4.78 is 27.8. The van der Waals surface area contributed by atoms with E-state index >= 15 is 0 Å². The molecule has 0 aromatic carbocycles. The first kappa shape index (κ1) is 18.1. The molecule has 1 unspecified atom stereocenters. The van der Waals surface area contributed by atoms with Crippen LogP contribution in [0.15, 0.2) is 12.7 Å². The highest BCUT2D eigenvalue weighted by molar-refractivity contribution is 7.90. The first-order valence-corrected chi connectivity index (χ1v) is 9.31. The standard InChI is InChI=1S/C14H26N2O4S/c1-4-5-11-20-13(2)14(17)16-8-6-15(7-9-16)10-12-21(3,18)19/h4,13H,1,5-12H2,2-3H3. The van der Waals surface area contributed by atoms with E-state index in [9.17, 15) is 13.2 Å². The first-order valence-electron chi connectivity index (χ1n) is 7.25. The van der Waals surface area contributed by atoms with Crippen molar-refractivity contribution in [3.8, 4) is 0 Å². The van der Waals surface area contributed by atoms with Gasteiger partial charge in [-0.15, -0.1) is 6.58 Å². The van der Waals surface area contributed by atoms with E-state index in [0.717, 1.165) is 6.42 Å². The van der Waals surface area contributed by atoms with Crippen LogP contribution in [0.1, 0.15) is 13.3 Å². The summed E-state index contributed by atoms with van der Waals surface area (Å²) in [6.07, 6.45) is 3.30. The third-order valence-corrected chi connectivity index (χ3v) is 4.42. The Labute approximate surface area is 127 Å². The lowest BCUT2D eigenvalue weighted by Crippen LogP contribution is -2.52. The normalized spacial score (nSPS) is 18.5. The molecule has 1 fully saturated rings. The van der Waals surface area contributed by atoms with Crippen LogP contribution in [-0.4, -0.2) is 81.6 Å². The summed E-state index contributed by atoms with van der Waals surface area (Å²) in [5.74, 6) is 0.170. The summed E-state index contributed by atoms with van der Waals surface area (Å²) in [7, 11) is -2.93. The lowest BCUT2D eigenvalue weighted by molar-refractivity contribution is -0.144. The fourth-order valence-corrected chi connectivity index (χ4v) is 2.73. The Morgan fingerprint density at radius 2 is 1.95 bits per heavy atom. The van der Waals surface area contributed by atoms with Gasteiger partial charge in [0.25, 0.3) is 5.91 Å². The van der Waals surface area contributed by atoms with Crippen molar-refractivity contribution < 1.29 is 17.9 Å². The van der Waals surface area contributed by atoms with Crippen molar-refractivity contribution in [3.63, 3.8) is 0 Å². The van der Waals surface area contributed by atoms with Gasteiger partial charge in [0.2, 0.25) is 0 Å². The largest absolute Gasteiger partial charge is 0.368 e. The smallest absolute Gasteiger partial charge is 0.251 e. The summed E-state index contributed by atoms with van der Waals surface area (Å²) in [5.41, 5.74) is 0. The number of carbonyl (C=O) groups is 1. The average molecular weight is 318 g/mol. The number of piperazine rings is 1. The first-order chi connectivity index (χ1) is 9.83. The van der Waals surface area contributed by atoms with Crippen molar-refractivity contribution in [1.29, 1.82) is 0 Å². The third kappa shape index (κ3) is 7.06. The zero-order valence-corrected chi connectivity index (χ0v) is 13.8. The molecular weight excluding hydrogens is 292 g/mol. The number of rotatable bonds is 8. The minimum absolute atomic E-state index is 0.00169. The zero-order valence-electron chi connectivity index (χ0n) is 13.0. The molecule has 0 N–H and O–H groups in total. The molecule has 6 nitrogen and oxygen atoms in total. The SMILES string of the molecule is C=CCCOC(C)C(=O)N1CCN(CCS(C)(=O)=O)CC1. The van der Waals surface area contributed by atoms with Gasteiger partial charge in [-0.3, -0.25) is 9.69 Å². The maximum absolute atomic E-state index is 12.2. The van der Waals surface area contributed by atoms with Crippen molar-refractivity contribution >= 4 is 15.7 Å². The summed E-state index contributed by atoms with van der Waals surface area (Å²) in [5, 5.41) is 0. The van der Waals surface area contributed by atoms with E-state index in [0.29, 0.717) is 39.3 Å². The molecule has 122 valence electrons. The molecule has 1 aliphatic heterocycles. The third-order valence-electron chi connectivity index (χ3n) is 3.50. The lowest BCUT2D eigenvalue weighted by Gasteiger charge is -2.35. The Hall–Kier alpha value is -0.920. The van der Waals surface area contributed by atoms with Crippen LogP contribution in [-0.2, 0) is 19.4 Å². The number of amides is 1. The van der Waals surface area contributed by atoms with Crippen LogP contribution in [0.3, 0.4) is 0 Å². The van der Waals surface area contributed by atoms with Crippen LogP contribution in [0.4, 0.5) is 0 Å². The van der Waals surface area contributed by atoms with Crippen LogP contribution >= 0.6 is 0 Å². The molecule has 1 heterocycles. The maximum Gasteiger partial charge on any atom is 0.251 e. The highest BCUT2D eigenvalue weighted by atomic mass is 32.2. The maximum atomic E-state index is 12.2. The second-order valence-corrected chi connectivity index (χ2v) is 7.65. The number of hydrogen-bond donors (Lipinski definition) is 0. The molecule has 0 saturated carbocycles. The molecule has 1 saturated heterocycles. The van der Waals surface area contributed by atoms with Crippen LogP contribution in [0.25, 0.3) is 0 Å². The van der Waals surface area contributed by atoms with Gasteiger partial charge in [-0.05, 0) is 13.3 Å². The molecule has 7 heteroatoms. The second-order valence-electron chi connectivity index (χ2n) is 5.39. The van der Waals surface area contributed by atoms with Gasteiger partial charge in [0, 0.05) is 39.0 Å². The number of ether oxygens (including phenoxy) is 1. The van der Waals surface area contributed by atoms with Crippen LogP contribution in [0.2, 0.25) is 0 Å². The highest BCUT2D eigenvalue weighted by Crippen LogP contribution is 2.06. The quantitative estimate of drug-likeness (QED) is 0.471. The Bertz CT molecular complexity index is 442. The lowest BCUT2D eigenvalue weighted by atomic mass is 10.2. The molecule has 0 bridgehead atoms. The molecule has 0 aliphatic carbocycles. The second kappa shape index (κ2) is 8.51. The van der Waals surface area contributed by atoms with Gasteiger partial charge in [0.15, 0.2) is 0 Å². The van der Waals surface area contributed by atoms with Crippen molar-refractivity contribution in [2.24, 2.45) is 0 Å². The van der Waals surface area contributed by atoms with Crippen molar-refractivity contribution in [3.05, 3.63) is 12.7 Å². The van der Waals surface area contributed by atoms with Crippen molar-refractivity contribution in [2.75, 3.05) is 51.3 Å². The van der Waals surface area contributed by atoms with Gasteiger partial charge in [-0.2, -0.15) is 0 Å². The number of hydrogen-bond acceptors (Lipinski definition) is 5. The summed E-state index contributed by atoms with van der Waals surface area (Å²) >= 11 is 0. The molecule has 1 atom stereocenters. The van der Waals surface area contributed by atoms with Crippen LogP contribution in [0.5, 0.6) is 0 Å². The Kier molecular flexibility index (Phi) is 7.34. The predicted octanol–water partition coefficient (Wildman–Crippen LogP) is 0.156. The molecule has 1 rings (SSSR count). The van der Waals surface area contributed by atoms with Gasteiger partial charge in [-0.1, -0.05) is 6.08 Å². The van der Waals surface area contributed by atoms with E-state index in [1.54, 1.807) is 17.9 Å². The molecule has 1 aliphatic rings. The minimum atomic E-state index is -2.93. The molecule has 0 aromatic heterocycles. The molecule has 0 radical (unpaired) electrons. The predicted molar refractivity (Wildman–Crippen MR) is 83.0 cm³/mol. The minimum Gasteiger partial charge on any atom is -0.368 e. The van der Waals surface area contributed by atoms with Gasteiger partial charge < -0.3 is 9.64 Å². The summed E-state index contributed by atoms with van der Waals surface area (Å²) in [6, 6.07) is 0. The molecule has 21 heavy (non-hydrogen) atoms. The van der Waals surface area contributed by atoms with E-state index in [4.69, 9.17) is 4.74 Å². The monoisotopic (exact) mass is 318 g/mol. The summed E-state index contributed by atoms with van der Waals surface area (Å²) in [4.78, 5) is 16.0. The van der Waals surface area contributed by atoms with Crippen molar-refractivity contribution in [2.45, 2.75) is 19.4 Å². The zero-order chi connectivity index (χ0) is 15.9. The molecule has 1 amide bonds. The van der Waals surface area contributed by atoms with E-state index in [1.807, 2.05) is 0 Å². The highest BCUT2D eigenvalue weighted by Gasteiger charge is 2.25. The van der Waals surface area contributed by atoms with Gasteiger partial charge in [0.1, 0.15) is 15.9 Å². The van der Waals surface area contributed by atoms with Crippen molar-refractivity contribution in [1.82, 2.24) is 9.80 Å². The van der Waals surface area contributed by atoms with E-state index < -0.39 is 15.9 Å². The van der Waals surface area contributed by atoms with Gasteiger partial charge in [0.05, 0.1) is 12.4 Å². The number of sulfone groups is 1. The van der Waals surface area contributed by atoms with Crippen LogP contribution in [0, 0.1) is 0 Å². The Morgan fingerprint density at radius 1 is 1.33 bits per heavy atom. The van der Waals surface area contributed by atoms with E-state index in [1.165, 1.54) is 6.26 Å². The topological polar surface area (TPSA) is 66.9 Å². The van der Waals surface area contributed by atoms with Gasteiger partial charge >= 0.3 is 0 Å². The number of nitrogens with zero attached hydrogens (tertiary/aromatic N) is 2. The Morgan fingerprint density at radius 3 is 2.48 bits per heavy atom. The fourth-order valence-electron chi connectivity index (χ4n) is 2.14. The Balaban J connectivity index is 2.31. The molecule has 0 aromatic rings. The average Bonchev–Trinajstić information content (AvgIpc) is 2.44. The fraction of sp³-hybridized carbons (Fsp3) is 0.786.